The maximum atomic E-state index is 13.0. The van der Waals surface area contributed by atoms with Gasteiger partial charge in [0.2, 0.25) is 11.8 Å². The van der Waals surface area contributed by atoms with Crippen molar-refractivity contribution in [1.82, 2.24) is 9.80 Å². The van der Waals surface area contributed by atoms with Crippen molar-refractivity contribution in [2.24, 2.45) is 0 Å². The van der Waals surface area contributed by atoms with Crippen molar-refractivity contribution in [2.75, 3.05) is 50.0 Å². The van der Waals surface area contributed by atoms with Crippen LogP contribution in [0.25, 0.3) is 0 Å². The number of hydrogen-bond acceptors (Lipinski definition) is 4. The third-order valence-corrected chi connectivity index (χ3v) is 6.57. The van der Waals surface area contributed by atoms with E-state index in [-0.39, 0.29) is 24.4 Å². The van der Waals surface area contributed by atoms with E-state index in [0.717, 1.165) is 43.9 Å². The predicted octanol–water partition coefficient (Wildman–Crippen LogP) is 3.47. The van der Waals surface area contributed by atoms with Crippen LogP contribution in [0.15, 0.2) is 42.5 Å². The minimum Gasteiger partial charge on any atom is -0.369 e. The van der Waals surface area contributed by atoms with Crippen molar-refractivity contribution in [3.05, 3.63) is 59.2 Å². The number of rotatable bonds is 7. The summed E-state index contributed by atoms with van der Waals surface area (Å²) >= 11 is 0. The molecule has 1 saturated heterocycles. The van der Waals surface area contributed by atoms with Gasteiger partial charge in [0, 0.05) is 44.6 Å². The van der Waals surface area contributed by atoms with E-state index in [1.54, 1.807) is 7.05 Å². The van der Waals surface area contributed by atoms with Crippen LogP contribution >= 0.6 is 0 Å². The van der Waals surface area contributed by atoms with E-state index in [4.69, 9.17) is 0 Å². The highest BCUT2D eigenvalue weighted by Crippen LogP contribution is 2.24. The first-order chi connectivity index (χ1) is 15.3. The van der Waals surface area contributed by atoms with Crippen molar-refractivity contribution in [3.8, 4) is 0 Å². The first-order valence-corrected chi connectivity index (χ1v) is 11.5. The lowest BCUT2D eigenvalue weighted by Gasteiger charge is -2.40. The maximum absolute atomic E-state index is 13.0. The van der Waals surface area contributed by atoms with E-state index in [1.807, 2.05) is 31.2 Å². The first kappa shape index (κ1) is 23.8. The molecule has 2 amide bonds. The molecule has 2 aromatic carbocycles. The molecule has 0 bridgehead atoms. The summed E-state index contributed by atoms with van der Waals surface area (Å²) in [6.07, 6.45) is 0.844. The molecule has 1 atom stereocenters. The van der Waals surface area contributed by atoms with E-state index in [9.17, 15) is 9.59 Å². The second-order valence-electron chi connectivity index (χ2n) is 8.67. The molecule has 0 saturated carbocycles. The summed E-state index contributed by atoms with van der Waals surface area (Å²) in [5, 5.41) is 2.95. The van der Waals surface area contributed by atoms with Gasteiger partial charge >= 0.3 is 0 Å². The molecular weight excluding hydrogens is 400 g/mol. The summed E-state index contributed by atoms with van der Waals surface area (Å²) in [6, 6.07) is 13.9. The average Bonchev–Trinajstić information content (AvgIpc) is 2.80. The highest BCUT2D eigenvalue weighted by molar-refractivity contribution is 5.95. The van der Waals surface area contributed by atoms with Gasteiger partial charge in [0.25, 0.3) is 0 Å². The third kappa shape index (κ3) is 5.49. The minimum absolute atomic E-state index is 0.0240. The van der Waals surface area contributed by atoms with Crippen LogP contribution in [0.3, 0.4) is 0 Å². The Kier molecular flexibility index (Phi) is 7.91. The van der Waals surface area contributed by atoms with Gasteiger partial charge in [0.1, 0.15) is 0 Å². The van der Waals surface area contributed by atoms with Gasteiger partial charge in [-0.3, -0.25) is 14.5 Å². The molecule has 1 aliphatic heterocycles. The van der Waals surface area contributed by atoms with E-state index in [1.165, 1.54) is 21.7 Å². The zero-order valence-electron chi connectivity index (χ0n) is 20.0. The zero-order chi connectivity index (χ0) is 23.3. The highest BCUT2D eigenvalue weighted by Gasteiger charge is 2.28. The molecule has 1 fully saturated rings. The van der Waals surface area contributed by atoms with Crippen molar-refractivity contribution in [3.63, 3.8) is 0 Å². The Morgan fingerprint density at radius 2 is 1.72 bits per heavy atom. The van der Waals surface area contributed by atoms with Crippen molar-refractivity contribution in [2.45, 2.75) is 40.2 Å². The van der Waals surface area contributed by atoms with E-state index >= 15 is 0 Å². The summed E-state index contributed by atoms with van der Waals surface area (Å²) in [5.74, 6) is -0.196. The fourth-order valence-electron chi connectivity index (χ4n) is 4.34. The quantitative estimate of drug-likeness (QED) is 0.722. The normalized spacial score (nSPS) is 15.3. The van der Waals surface area contributed by atoms with Gasteiger partial charge in [-0.05, 0) is 56.0 Å². The van der Waals surface area contributed by atoms with Crippen LogP contribution in [0, 0.1) is 13.8 Å². The fourth-order valence-corrected chi connectivity index (χ4v) is 4.34. The van der Waals surface area contributed by atoms with Crippen LogP contribution in [0.5, 0.6) is 0 Å². The molecule has 6 heteroatoms. The number of likely N-dealkylation sites (N-methyl/N-ethyl adjacent to an activating group) is 1. The second kappa shape index (κ2) is 10.6. The molecule has 0 aromatic heterocycles. The summed E-state index contributed by atoms with van der Waals surface area (Å²) < 4.78 is 0. The van der Waals surface area contributed by atoms with Gasteiger partial charge in [0.15, 0.2) is 0 Å². The van der Waals surface area contributed by atoms with Crippen LogP contribution in [0.1, 0.15) is 30.5 Å². The number of para-hydroxylation sites is 1. The van der Waals surface area contributed by atoms with Crippen molar-refractivity contribution >= 4 is 23.2 Å². The van der Waals surface area contributed by atoms with Gasteiger partial charge in [-0.2, -0.15) is 0 Å². The van der Waals surface area contributed by atoms with E-state index in [2.05, 4.69) is 54.1 Å². The van der Waals surface area contributed by atoms with Crippen LogP contribution in [0.4, 0.5) is 11.4 Å². The number of piperazine rings is 1. The smallest absolute Gasteiger partial charge is 0.243 e. The lowest BCUT2D eigenvalue weighted by Crippen LogP contribution is -2.54. The van der Waals surface area contributed by atoms with Crippen LogP contribution in [-0.4, -0.2) is 67.4 Å². The standard InChI is InChI=1S/C26H36N4O2/c1-6-22-11-7-8-12-23(22)27-25(31)18-28(5)26(32)21(4)29-14-16-30(17-15-29)24-13-9-10-19(2)20(24)3/h7-13,21H,6,14-18H2,1-5H3,(H,27,31)/t21-/m0/s1. The van der Waals surface area contributed by atoms with Gasteiger partial charge in [-0.15, -0.1) is 0 Å². The van der Waals surface area contributed by atoms with Gasteiger partial charge < -0.3 is 15.1 Å². The Morgan fingerprint density at radius 3 is 2.41 bits per heavy atom. The van der Waals surface area contributed by atoms with Crippen LogP contribution in [-0.2, 0) is 16.0 Å². The van der Waals surface area contributed by atoms with Gasteiger partial charge in [-0.1, -0.05) is 37.3 Å². The molecule has 1 aliphatic rings. The second-order valence-corrected chi connectivity index (χ2v) is 8.67. The van der Waals surface area contributed by atoms with Crippen LogP contribution in [0.2, 0.25) is 0 Å². The highest BCUT2D eigenvalue weighted by atomic mass is 16.2. The molecule has 32 heavy (non-hydrogen) atoms. The number of carbonyl (C=O) groups excluding carboxylic acids is 2. The molecular formula is C26H36N4O2. The largest absolute Gasteiger partial charge is 0.369 e. The SMILES string of the molecule is CCc1ccccc1NC(=O)CN(C)C(=O)[C@H](C)N1CCN(c2cccc(C)c2C)CC1. The molecule has 0 unspecified atom stereocenters. The number of anilines is 2. The molecule has 1 heterocycles. The van der Waals surface area contributed by atoms with Crippen molar-refractivity contribution < 1.29 is 9.59 Å². The number of carbonyl (C=O) groups is 2. The molecule has 1 N–H and O–H groups in total. The maximum Gasteiger partial charge on any atom is 0.243 e. The number of aryl methyl sites for hydroxylation is 2. The molecule has 172 valence electrons. The number of benzene rings is 2. The molecule has 6 nitrogen and oxygen atoms in total. The Labute approximate surface area is 192 Å². The predicted molar refractivity (Wildman–Crippen MR) is 131 cm³/mol. The third-order valence-electron chi connectivity index (χ3n) is 6.57. The summed E-state index contributed by atoms with van der Waals surface area (Å²) in [4.78, 5) is 31.7. The minimum atomic E-state index is -0.253. The number of nitrogens with zero attached hydrogens (tertiary/aromatic N) is 3. The monoisotopic (exact) mass is 436 g/mol. The lowest BCUT2D eigenvalue weighted by molar-refractivity contribution is -0.137. The molecule has 2 aromatic rings. The summed E-state index contributed by atoms with van der Waals surface area (Å²) in [5.41, 5.74) is 5.81. The molecule has 0 radical (unpaired) electrons. The first-order valence-electron chi connectivity index (χ1n) is 11.5. The average molecular weight is 437 g/mol. The number of nitrogens with one attached hydrogen (secondary N) is 1. The van der Waals surface area contributed by atoms with E-state index < -0.39 is 0 Å². The topological polar surface area (TPSA) is 55.9 Å². The van der Waals surface area contributed by atoms with Gasteiger partial charge in [0.05, 0.1) is 12.6 Å². The van der Waals surface area contributed by atoms with E-state index in [0.29, 0.717) is 0 Å². The zero-order valence-corrected chi connectivity index (χ0v) is 20.0. The van der Waals surface area contributed by atoms with Gasteiger partial charge in [-0.25, -0.2) is 0 Å². The summed E-state index contributed by atoms with van der Waals surface area (Å²) in [6.45, 7) is 11.8. The van der Waals surface area contributed by atoms with Crippen molar-refractivity contribution in [1.29, 1.82) is 0 Å². The Balaban J connectivity index is 1.52. The fraction of sp³-hybridized carbons (Fsp3) is 0.462. The summed E-state index contributed by atoms with van der Waals surface area (Å²) in [7, 11) is 1.70. The Hall–Kier alpha value is -2.86. The Morgan fingerprint density at radius 1 is 1.03 bits per heavy atom. The molecule has 3 rings (SSSR count). The lowest BCUT2D eigenvalue weighted by atomic mass is 10.1. The molecule has 0 spiro atoms. The Bertz CT molecular complexity index is 951. The number of amides is 2. The van der Waals surface area contributed by atoms with Crippen LogP contribution < -0.4 is 10.2 Å². The molecule has 0 aliphatic carbocycles. The number of hydrogen-bond donors (Lipinski definition) is 1.